The number of benzene rings is 1. The third-order valence-corrected chi connectivity index (χ3v) is 5.84. The second kappa shape index (κ2) is 7.05. The lowest BCUT2D eigenvalue weighted by atomic mass is 10.2. The lowest BCUT2D eigenvalue weighted by Gasteiger charge is -2.27. The quantitative estimate of drug-likeness (QED) is 0.804. The summed E-state index contributed by atoms with van der Waals surface area (Å²) in [5.41, 5.74) is 6.25. The maximum Gasteiger partial charge on any atom is 0.218 e. The minimum Gasteiger partial charge on any atom is -0.392 e. The van der Waals surface area contributed by atoms with Crippen LogP contribution in [0.5, 0.6) is 0 Å². The van der Waals surface area contributed by atoms with E-state index >= 15 is 0 Å². The van der Waals surface area contributed by atoms with Gasteiger partial charge in [0.05, 0.1) is 17.3 Å². The number of sulfonamides is 1. The first-order valence-corrected chi connectivity index (χ1v) is 9.30. The Hall–Kier alpha value is -0.690. The van der Waals surface area contributed by atoms with E-state index in [-0.39, 0.29) is 23.3 Å². The van der Waals surface area contributed by atoms with Crippen LogP contribution >= 0.6 is 23.8 Å². The molecule has 1 aliphatic carbocycles. The van der Waals surface area contributed by atoms with Gasteiger partial charge in [0, 0.05) is 11.1 Å². The van der Waals surface area contributed by atoms with Gasteiger partial charge in [-0.1, -0.05) is 48.8 Å². The van der Waals surface area contributed by atoms with E-state index in [2.05, 4.69) is 0 Å². The van der Waals surface area contributed by atoms with Crippen LogP contribution in [0.1, 0.15) is 31.2 Å². The average Bonchev–Trinajstić information content (AvgIpc) is 2.88. The molecule has 116 valence electrons. The van der Waals surface area contributed by atoms with E-state index in [1.807, 2.05) is 0 Å². The maximum atomic E-state index is 12.7. The molecule has 0 unspecified atom stereocenters. The fraction of sp³-hybridized carbons (Fsp3) is 0.500. The Morgan fingerprint density at radius 2 is 2.05 bits per heavy atom. The van der Waals surface area contributed by atoms with Crippen molar-refractivity contribution in [2.24, 2.45) is 5.73 Å². The van der Waals surface area contributed by atoms with Gasteiger partial charge >= 0.3 is 0 Å². The summed E-state index contributed by atoms with van der Waals surface area (Å²) in [6.45, 7) is 0.114. The molecular formula is C14H19ClN2O2S2. The third kappa shape index (κ3) is 4.64. The van der Waals surface area contributed by atoms with Crippen molar-refractivity contribution in [3.8, 4) is 0 Å². The Morgan fingerprint density at radius 3 is 2.62 bits per heavy atom. The molecule has 0 saturated heterocycles. The molecular weight excluding hydrogens is 328 g/mol. The molecule has 1 aliphatic rings. The van der Waals surface area contributed by atoms with E-state index in [0.717, 1.165) is 25.7 Å². The molecule has 4 nitrogen and oxygen atoms in total. The van der Waals surface area contributed by atoms with Crippen LogP contribution in [0, 0.1) is 0 Å². The fourth-order valence-electron chi connectivity index (χ4n) is 2.72. The molecule has 2 rings (SSSR count). The van der Waals surface area contributed by atoms with Crippen LogP contribution < -0.4 is 5.73 Å². The summed E-state index contributed by atoms with van der Waals surface area (Å²) in [4.78, 5) is 0.205. The van der Waals surface area contributed by atoms with Gasteiger partial charge in [-0.3, -0.25) is 0 Å². The highest BCUT2D eigenvalue weighted by atomic mass is 35.5. The van der Waals surface area contributed by atoms with Crippen LogP contribution in [0.4, 0.5) is 0 Å². The fourth-order valence-corrected chi connectivity index (χ4v) is 4.92. The van der Waals surface area contributed by atoms with Crippen LogP contribution in [-0.2, 0) is 15.8 Å². The molecule has 1 fully saturated rings. The van der Waals surface area contributed by atoms with Gasteiger partial charge in [0.15, 0.2) is 0 Å². The largest absolute Gasteiger partial charge is 0.392 e. The zero-order valence-electron chi connectivity index (χ0n) is 11.7. The number of halogens is 1. The van der Waals surface area contributed by atoms with E-state index in [4.69, 9.17) is 29.6 Å². The SMILES string of the molecule is NC(=S)CN(C1CCCC1)S(=O)(=O)Cc1cccc(Cl)c1. The molecule has 0 amide bonds. The van der Waals surface area contributed by atoms with Crippen LogP contribution in [0.3, 0.4) is 0 Å². The lowest BCUT2D eigenvalue weighted by molar-refractivity contribution is 0.354. The molecule has 0 radical (unpaired) electrons. The van der Waals surface area contributed by atoms with Crippen molar-refractivity contribution in [3.05, 3.63) is 34.9 Å². The normalized spacial score (nSPS) is 16.5. The summed E-state index contributed by atoms with van der Waals surface area (Å²) < 4.78 is 26.9. The van der Waals surface area contributed by atoms with Crippen LogP contribution in [0.15, 0.2) is 24.3 Å². The maximum absolute atomic E-state index is 12.7. The molecule has 1 aromatic rings. The Morgan fingerprint density at radius 1 is 1.38 bits per heavy atom. The van der Waals surface area contributed by atoms with E-state index in [1.165, 1.54) is 4.31 Å². The Bertz CT molecular complexity index is 613. The van der Waals surface area contributed by atoms with Gasteiger partial charge < -0.3 is 5.73 Å². The molecule has 1 aromatic carbocycles. The number of rotatable bonds is 6. The van der Waals surface area contributed by atoms with Crippen molar-refractivity contribution in [2.75, 3.05) is 6.54 Å². The predicted molar refractivity (Wildman–Crippen MR) is 89.8 cm³/mol. The molecule has 0 spiro atoms. The van der Waals surface area contributed by atoms with Crippen molar-refractivity contribution in [2.45, 2.75) is 37.5 Å². The molecule has 0 bridgehead atoms. The van der Waals surface area contributed by atoms with Crippen molar-refractivity contribution < 1.29 is 8.42 Å². The van der Waals surface area contributed by atoms with Crippen LogP contribution in [-0.4, -0.2) is 30.3 Å². The smallest absolute Gasteiger partial charge is 0.218 e. The molecule has 0 aromatic heterocycles. The Balaban J connectivity index is 2.22. The Kier molecular flexibility index (Phi) is 5.60. The van der Waals surface area contributed by atoms with E-state index < -0.39 is 10.0 Å². The first-order valence-electron chi connectivity index (χ1n) is 6.91. The summed E-state index contributed by atoms with van der Waals surface area (Å²) >= 11 is 10.8. The second-order valence-electron chi connectivity index (χ2n) is 5.34. The van der Waals surface area contributed by atoms with Gasteiger partial charge in [-0.15, -0.1) is 0 Å². The highest BCUT2D eigenvalue weighted by Crippen LogP contribution is 2.27. The molecule has 1 saturated carbocycles. The number of nitrogens with two attached hydrogens (primary N) is 1. The molecule has 21 heavy (non-hydrogen) atoms. The van der Waals surface area contributed by atoms with Gasteiger partial charge in [0.1, 0.15) is 0 Å². The van der Waals surface area contributed by atoms with E-state index in [9.17, 15) is 8.42 Å². The Labute approximate surface area is 136 Å². The first-order chi connectivity index (χ1) is 9.88. The summed E-state index contributed by atoms with van der Waals surface area (Å²) in [7, 11) is -3.46. The van der Waals surface area contributed by atoms with Crippen LogP contribution in [0.25, 0.3) is 0 Å². The van der Waals surface area contributed by atoms with Crippen molar-refractivity contribution in [1.82, 2.24) is 4.31 Å². The average molecular weight is 347 g/mol. The highest BCUT2D eigenvalue weighted by Gasteiger charge is 2.32. The standard InChI is InChI=1S/C14H19ClN2O2S2/c15-12-5-3-4-11(8-12)10-21(18,19)17(9-14(16)20)13-6-1-2-7-13/h3-5,8,13H,1-2,6-7,9-10H2,(H2,16,20). The van der Waals surface area contributed by atoms with Gasteiger partial charge in [-0.2, -0.15) is 4.31 Å². The zero-order valence-corrected chi connectivity index (χ0v) is 14.1. The van der Waals surface area contributed by atoms with E-state index in [1.54, 1.807) is 24.3 Å². The second-order valence-corrected chi connectivity index (χ2v) is 8.22. The lowest BCUT2D eigenvalue weighted by Crippen LogP contribution is -2.44. The van der Waals surface area contributed by atoms with Gasteiger partial charge in [-0.25, -0.2) is 8.42 Å². The first kappa shape index (κ1) is 16.7. The number of thiocarbonyl (C=S) groups is 1. The van der Waals surface area contributed by atoms with E-state index in [0.29, 0.717) is 10.6 Å². The third-order valence-electron chi connectivity index (χ3n) is 3.64. The summed E-state index contributed by atoms with van der Waals surface area (Å²) in [5.74, 6) is -0.0767. The minimum absolute atomic E-state index is 0.00989. The highest BCUT2D eigenvalue weighted by molar-refractivity contribution is 7.88. The summed E-state index contributed by atoms with van der Waals surface area (Å²) in [5, 5.41) is 0.532. The molecule has 7 heteroatoms. The summed E-state index contributed by atoms with van der Waals surface area (Å²) in [6, 6.07) is 6.92. The van der Waals surface area contributed by atoms with Crippen molar-refractivity contribution >= 4 is 38.8 Å². The minimum atomic E-state index is -3.46. The van der Waals surface area contributed by atoms with Crippen molar-refractivity contribution in [3.63, 3.8) is 0 Å². The topological polar surface area (TPSA) is 63.4 Å². The number of hydrogen-bond donors (Lipinski definition) is 1. The predicted octanol–water partition coefficient (Wildman–Crippen LogP) is 2.70. The molecule has 0 heterocycles. The number of hydrogen-bond acceptors (Lipinski definition) is 3. The van der Waals surface area contributed by atoms with Gasteiger partial charge in [-0.05, 0) is 30.5 Å². The zero-order chi connectivity index (χ0) is 15.5. The summed E-state index contributed by atoms with van der Waals surface area (Å²) in [6.07, 6.45) is 3.84. The van der Waals surface area contributed by atoms with Gasteiger partial charge in [0.2, 0.25) is 10.0 Å². The van der Waals surface area contributed by atoms with Crippen molar-refractivity contribution in [1.29, 1.82) is 0 Å². The van der Waals surface area contributed by atoms with Gasteiger partial charge in [0.25, 0.3) is 0 Å². The molecule has 0 aliphatic heterocycles. The number of nitrogens with zero attached hydrogens (tertiary/aromatic N) is 1. The van der Waals surface area contributed by atoms with Crippen LogP contribution in [0.2, 0.25) is 5.02 Å². The monoisotopic (exact) mass is 346 g/mol. The molecule has 0 atom stereocenters. The molecule has 2 N–H and O–H groups in total.